The second kappa shape index (κ2) is 9.84. The zero-order valence-electron chi connectivity index (χ0n) is 16.0. The highest BCUT2D eigenvalue weighted by Crippen LogP contribution is 2.20. The van der Waals surface area contributed by atoms with Crippen LogP contribution in [0.2, 0.25) is 0 Å². The number of nitrogens with zero attached hydrogens (tertiary/aromatic N) is 2. The lowest BCUT2D eigenvalue weighted by Crippen LogP contribution is -2.46. The number of carbonyl (C=O) groups excluding carboxylic acids is 1. The molecule has 140 valence electrons. The first kappa shape index (κ1) is 20.7. The first-order chi connectivity index (χ1) is 11.2. The van der Waals surface area contributed by atoms with Gasteiger partial charge in [0.05, 0.1) is 12.7 Å². The number of carbonyl (C=O) groups is 1. The van der Waals surface area contributed by atoms with Gasteiger partial charge in [0, 0.05) is 46.8 Å². The molecule has 2 N–H and O–H groups in total. The Labute approximate surface area is 146 Å². The summed E-state index contributed by atoms with van der Waals surface area (Å²) < 4.78 is 11.0. The van der Waals surface area contributed by atoms with Crippen molar-refractivity contribution in [3.63, 3.8) is 0 Å². The van der Waals surface area contributed by atoms with Crippen LogP contribution in [0.15, 0.2) is 4.99 Å². The first-order valence-electron chi connectivity index (χ1n) is 8.57. The van der Waals surface area contributed by atoms with Crippen LogP contribution in [0.1, 0.15) is 27.2 Å². The monoisotopic (exact) mass is 342 g/mol. The first-order valence-corrected chi connectivity index (χ1v) is 8.57. The molecule has 1 fully saturated rings. The zero-order valence-corrected chi connectivity index (χ0v) is 16.0. The number of rotatable bonds is 7. The number of hydrogen-bond acceptors (Lipinski definition) is 4. The predicted octanol–water partition coefficient (Wildman–Crippen LogP) is 0.707. The molecule has 7 nitrogen and oxygen atoms in total. The van der Waals surface area contributed by atoms with Crippen LogP contribution in [0.5, 0.6) is 0 Å². The Morgan fingerprint density at radius 2 is 2.08 bits per heavy atom. The lowest BCUT2D eigenvalue weighted by molar-refractivity contribution is -0.127. The van der Waals surface area contributed by atoms with Crippen molar-refractivity contribution in [2.45, 2.75) is 33.3 Å². The smallest absolute Gasteiger partial charge is 0.243 e. The molecule has 0 radical (unpaired) electrons. The van der Waals surface area contributed by atoms with Crippen LogP contribution in [-0.4, -0.2) is 76.9 Å². The number of methoxy groups -OCH3 is 1. The Hall–Kier alpha value is -1.34. The average molecular weight is 342 g/mol. The van der Waals surface area contributed by atoms with Gasteiger partial charge < -0.3 is 25.0 Å². The van der Waals surface area contributed by atoms with Gasteiger partial charge in [0.25, 0.3) is 0 Å². The summed E-state index contributed by atoms with van der Waals surface area (Å²) in [4.78, 5) is 17.7. The van der Waals surface area contributed by atoms with Crippen LogP contribution >= 0.6 is 0 Å². The maximum absolute atomic E-state index is 11.8. The van der Waals surface area contributed by atoms with E-state index >= 15 is 0 Å². The van der Waals surface area contributed by atoms with E-state index in [4.69, 9.17) is 9.47 Å². The standard InChI is InChI=1S/C17H34N4O3/c1-17(2,3)14(23-6)10-19-16(20-11-15(22)21(4)5)18-9-13-7-8-24-12-13/h13-14H,7-12H2,1-6H3,(H2,18,19,20). The van der Waals surface area contributed by atoms with Crippen molar-refractivity contribution in [3.05, 3.63) is 0 Å². The lowest BCUT2D eigenvalue weighted by Gasteiger charge is -2.30. The fourth-order valence-corrected chi connectivity index (χ4v) is 2.38. The van der Waals surface area contributed by atoms with Gasteiger partial charge in [-0.15, -0.1) is 0 Å². The number of aliphatic imine (C=N–C) groups is 1. The number of ether oxygens (including phenoxy) is 2. The second-order valence-electron chi connectivity index (χ2n) is 7.53. The molecule has 1 saturated heterocycles. The lowest BCUT2D eigenvalue weighted by atomic mass is 9.89. The Bertz CT molecular complexity index is 413. The summed E-state index contributed by atoms with van der Waals surface area (Å²) in [6, 6.07) is 0. The summed E-state index contributed by atoms with van der Waals surface area (Å²) in [7, 11) is 5.18. The van der Waals surface area contributed by atoms with Crippen LogP contribution < -0.4 is 10.6 Å². The normalized spacial score (nSPS) is 19.9. The Morgan fingerprint density at radius 3 is 2.58 bits per heavy atom. The summed E-state index contributed by atoms with van der Waals surface area (Å²) in [5.41, 5.74) is 0.0195. The number of guanidine groups is 1. The Kier molecular flexibility index (Phi) is 8.48. The van der Waals surface area contributed by atoms with Gasteiger partial charge in [0.1, 0.15) is 6.54 Å². The van der Waals surface area contributed by atoms with E-state index in [0.29, 0.717) is 18.4 Å². The van der Waals surface area contributed by atoms with E-state index in [0.717, 1.165) is 26.2 Å². The van der Waals surface area contributed by atoms with Crippen molar-refractivity contribution in [3.8, 4) is 0 Å². The molecule has 0 saturated carbocycles. The maximum Gasteiger partial charge on any atom is 0.243 e. The van der Waals surface area contributed by atoms with Crippen molar-refractivity contribution >= 4 is 11.9 Å². The molecular formula is C17H34N4O3. The quantitative estimate of drug-likeness (QED) is 0.526. The summed E-state index contributed by atoms with van der Waals surface area (Å²) in [6.45, 7) is 9.55. The number of amides is 1. The van der Waals surface area contributed by atoms with E-state index in [9.17, 15) is 4.79 Å². The molecule has 0 bridgehead atoms. The van der Waals surface area contributed by atoms with Gasteiger partial charge in [-0.3, -0.25) is 4.79 Å². The van der Waals surface area contributed by atoms with Crippen LogP contribution in [0, 0.1) is 11.3 Å². The van der Waals surface area contributed by atoms with E-state index in [-0.39, 0.29) is 24.0 Å². The van der Waals surface area contributed by atoms with Crippen molar-refractivity contribution < 1.29 is 14.3 Å². The predicted molar refractivity (Wildman–Crippen MR) is 96.2 cm³/mol. The highest BCUT2D eigenvalue weighted by molar-refractivity contribution is 5.84. The molecule has 24 heavy (non-hydrogen) atoms. The summed E-state index contributed by atoms with van der Waals surface area (Å²) in [5.74, 6) is 1.10. The van der Waals surface area contributed by atoms with Gasteiger partial charge in [0.15, 0.2) is 5.96 Å². The van der Waals surface area contributed by atoms with Gasteiger partial charge in [-0.1, -0.05) is 20.8 Å². The highest BCUT2D eigenvalue weighted by atomic mass is 16.5. The van der Waals surface area contributed by atoms with Crippen molar-refractivity contribution in [1.82, 2.24) is 15.5 Å². The van der Waals surface area contributed by atoms with Gasteiger partial charge in [0.2, 0.25) is 5.91 Å². The molecule has 0 aromatic rings. The summed E-state index contributed by atoms with van der Waals surface area (Å²) in [5, 5.41) is 6.62. The minimum Gasteiger partial charge on any atom is -0.381 e. The van der Waals surface area contributed by atoms with Crippen molar-refractivity contribution in [2.75, 3.05) is 54.1 Å². The van der Waals surface area contributed by atoms with E-state index in [1.165, 1.54) is 0 Å². The molecule has 1 rings (SSSR count). The summed E-state index contributed by atoms with van der Waals surface area (Å²) >= 11 is 0. The van der Waals surface area contributed by atoms with Crippen LogP contribution in [-0.2, 0) is 14.3 Å². The highest BCUT2D eigenvalue weighted by Gasteiger charge is 2.24. The zero-order chi connectivity index (χ0) is 18.2. The van der Waals surface area contributed by atoms with Crippen molar-refractivity contribution in [1.29, 1.82) is 0 Å². The van der Waals surface area contributed by atoms with Crippen molar-refractivity contribution in [2.24, 2.45) is 16.3 Å². The van der Waals surface area contributed by atoms with E-state index in [2.05, 4.69) is 36.4 Å². The molecule has 0 aliphatic carbocycles. The molecular weight excluding hydrogens is 308 g/mol. The molecule has 0 spiro atoms. The third-order valence-electron chi connectivity index (χ3n) is 4.16. The SMILES string of the molecule is COC(CNC(=NCC(=O)N(C)C)NCC1CCOC1)C(C)(C)C. The van der Waals surface area contributed by atoms with Gasteiger partial charge >= 0.3 is 0 Å². The van der Waals surface area contributed by atoms with Gasteiger partial charge in [-0.2, -0.15) is 0 Å². The van der Waals surface area contributed by atoms with Crippen LogP contribution in [0.4, 0.5) is 0 Å². The maximum atomic E-state index is 11.8. The minimum absolute atomic E-state index is 0.0195. The number of hydrogen-bond donors (Lipinski definition) is 2. The molecule has 2 atom stereocenters. The molecule has 1 aliphatic heterocycles. The number of nitrogens with one attached hydrogen (secondary N) is 2. The van der Waals surface area contributed by atoms with E-state index < -0.39 is 0 Å². The topological polar surface area (TPSA) is 75.2 Å². The second-order valence-corrected chi connectivity index (χ2v) is 7.53. The molecule has 1 aliphatic rings. The molecule has 1 heterocycles. The fourth-order valence-electron chi connectivity index (χ4n) is 2.38. The fraction of sp³-hybridized carbons (Fsp3) is 0.882. The molecule has 1 amide bonds. The minimum atomic E-state index is -0.0283. The van der Waals surface area contributed by atoms with Crippen LogP contribution in [0.25, 0.3) is 0 Å². The molecule has 0 aromatic carbocycles. The summed E-state index contributed by atoms with van der Waals surface area (Å²) in [6.07, 6.45) is 1.10. The van der Waals surface area contributed by atoms with Crippen LogP contribution in [0.3, 0.4) is 0 Å². The third-order valence-corrected chi connectivity index (χ3v) is 4.16. The number of likely N-dealkylation sites (N-methyl/N-ethyl adjacent to an activating group) is 1. The Balaban J connectivity index is 2.61. The molecule has 7 heteroatoms. The van der Waals surface area contributed by atoms with Gasteiger partial charge in [-0.05, 0) is 11.8 Å². The van der Waals surface area contributed by atoms with E-state index in [1.807, 2.05) is 0 Å². The Morgan fingerprint density at radius 1 is 1.38 bits per heavy atom. The molecule has 2 unspecified atom stereocenters. The molecule has 0 aromatic heterocycles. The third kappa shape index (κ3) is 7.49. The average Bonchev–Trinajstić information content (AvgIpc) is 3.01. The van der Waals surface area contributed by atoms with E-state index in [1.54, 1.807) is 26.1 Å². The largest absolute Gasteiger partial charge is 0.381 e. The van der Waals surface area contributed by atoms with Gasteiger partial charge in [-0.25, -0.2) is 4.99 Å².